The smallest absolute Gasteiger partial charge is 0.286 e. The number of nitrogens with two attached hydrogens (primary N) is 1. The highest BCUT2D eigenvalue weighted by Gasteiger charge is 2.24. The van der Waals surface area contributed by atoms with Gasteiger partial charge in [0.2, 0.25) is 5.76 Å². The standard InChI is InChI=1S/C22H21F2N3O5/c23-14-7-16-18(20(21(25)29)32-19(16)17(24)8-14)26-22(30)13-3-1-2-12(6-13)9-27-4-5-31-15(10-27)11-28/h1-3,6-8,15,28H,4-5,9-11H2,(H2,25,29)(H,26,30). The van der Waals surface area contributed by atoms with Crippen LogP contribution in [0.3, 0.4) is 0 Å². The molecule has 1 unspecified atom stereocenters. The van der Waals surface area contributed by atoms with Crippen molar-refractivity contribution >= 4 is 28.5 Å². The Hall–Kier alpha value is -3.34. The number of amides is 2. The zero-order valence-electron chi connectivity index (χ0n) is 16.9. The Bertz CT molecular complexity index is 1180. The first-order chi connectivity index (χ1) is 15.4. The van der Waals surface area contributed by atoms with Gasteiger partial charge >= 0.3 is 0 Å². The van der Waals surface area contributed by atoms with E-state index < -0.39 is 29.2 Å². The fourth-order valence-electron chi connectivity index (χ4n) is 3.71. The van der Waals surface area contributed by atoms with Gasteiger partial charge in [0, 0.05) is 31.3 Å². The maximum Gasteiger partial charge on any atom is 0.286 e. The number of primary amides is 1. The molecule has 10 heteroatoms. The minimum absolute atomic E-state index is 0.0685. The minimum Gasteiger partial charge on any atom is -0.446 e. The molecule has 0 radical (unpaired) electrons. The van der Waals surface area contributed by atoms with Crippen LogP contribution in [-0.4, -0.2) is 54.2 Å². The van der Waals surface area contributed by atoms with Gasteiger partial charge in [0.25, 0.3) is 11.8 Å². The number of carbonyl (C=O) groups excluding carboxylic acids is 2. The first-order valence-corrected chi connectivity index (χ1v) is 9.92. The molecule has 1 atom stereocenters. The van der Waals surface area contributed by atoms with Crippen molar-refractivity contribution in [1.29, 1.82) is 0 Å². The van der Waals surface area contributed by atoms with E-state index in [2.05, 4.69) is 10.2 Å². The van der Waals surface area contributed by atoms with Gasteiger partial charge in [0.05, 0.1) is 24.7 Å². The first-order valence-electron chi connectivity index (χ1n) is 9.92. The van der Waals surface area contributed by atoms with E-state index in [-0.39, 0.29) is 34.9 Å². The molecule has 2 amide bonds. The molecule has 4 rings (SSSR count). The zero-order valence-corrected chi connectivity index (χ0v) is 16.9. The molecule has 1 aliphatic heterocycles. The number of morpholine rings is 1. The SMILES string of the molecule is NC(=O)c1oc2c(F)cc(F)cc2c1NC(=O)c1cccc(CN2CCOC(CO)C2)c1. The fourth-order valence-corrected chi connectivity index (χ4v) is 3.71. The summed E-state index contributed by atoms with van der Waals surface area (Å²) in [6, 6.07) is 8.37. The quantitative estimate of drug-likeness (QED) is 0.536. The van der Waals surface area contributed by atoms with Crippen LogP contribution in [0.25, 0.3) is 11.0 Å². The molecule has 0 aliphatic carbocycles. The number of anilines is 1. The van der Waals surface area contributed by atoms with Crippen molar-refractivity contribution in [2.24, 2.45) is 5.73 Å². The molecule has 0 spiro atoms. The molecule has 3 aromatic rings. The number of hydrogen-bond acceptors (Lipinski definition) is 6. The Labute approximate surface area is 181 Å². The number of hydrogen-bond donors (Lipinski definition) is 3. The van der Waals surface area contributed by atoms with Crippen molar-refractivity contribution in [3.8, 4) is 0 Å². The van der Waals surface area contributed by atoms with E-state index in [9.17, 15) is 23.5 Å². The number of nitrogens with one attached hydrogen (secondary N) is 1. The molecule has 0 bridgehead atoms. The number of aliphatic hydroxyl groups excluding tert-OH is 1. The van der Waals surface area contributed by atoms with Gasteiger partial charge in [0.15, 0.2) is 11.4 Å². The molecule has 8 nitrogen and oxygen atoms in total. The summed E-state index contributed by atoms with van der Waals surface area (Å²) in [7, 11) is 0. The number of fused-ring (bicyclic) bond motifs is 1. The second kappa shape index (κ2) is 9.03. The van der Waals surface area contributed by atoms with Crippen LogP contribution in [0.1, 0.15) is 26.5 Å². The van der Waals surface area contributed by atoms with Gasteiger partial charge in [-0.1, -0.05) is 12.1 Å². The Morgan fingerprint density at radius 2 is 2.06 bits per heavy atom. The summed E-state index contributed by atoms with van der Waals surface area (Å²) in [4.78, 5) is 26.7. The third kappa shape index (κ3) is 4.47. The zero-order chi connectivity index (χ0) is 22.8. The average Bonchev–Trinajstić information content (AvgIpc) is 3.13. The minimum atomic E-state index is -1.03. The van der Waals surface area contributed by atoms with Gasteiger partial charge in [-0.15, -0.1) is 0 Å². The lowest BCUT2D eigenvalue weighted by Gasteiger charge is -2.32. The molecule has 4 N–H and O–H groups in total. The molecule has 0 saturated carbocycles. The van der Waals surface area contributed by atoms with Crippen molar-refractivity contribution in [2.45, 2.75) is 12.6 Å². The molecule has 168 valence electrons. The molecule has 1 aliphatic rings. The van der Waals surface area contributed by atoms with Crippen LogP contribution in [-0.2, 0) is 11.3 Å². The normalized spacial score (nSPS) is 16.9. The molecular formula is C22H21F2N3O5. The van der Waals surface area contributed by atoms with Crippen molar-refractivity contribution < 1.29 is 32.6 Å². The van der Waals surface area contributed by atoms with Crippen molar-refractivity contribution in [2.75, 3.05) is 31.6 Å². The average molecular weight is 445 g/mol. The van der Waals surface area contributed by atoms with E-state index in [0.29, 0.717) is 32.3 Å². The topological polar surface area (TPSA) is 118 Å². The number of ether oxygens (including phenoxy) is 1. The summed E-state index contributed by atoms with van der Waals surface area (Å²) >= 11 is 0. The molecule has 1 fully saturated rings. The largest absolute Gasteiger partial charge is 0.446 e. The van der Waals surface area contributed by atoms with Gasteiger partial charge in [0.1, 0.15) is 11.5 Å². The second-order valence-corrected chi connectivity index (χ2v) is 7.50. The number of rotatable bonds is 6. The van der Waals surface area contributed by atoms with Gasteiger partial charge in [-0.2, -0.15) is 0 Å². The summed E-state index contributed by atoms with van der Waals surface area (Å²) in [6.07, 6.45) is -0.252. The van der Waals surface area contributed by atoms with Gasteiger partial charge in [-0.05, 0) is 23.8 Å². The van der Waals surface area contributed by atoms with Crippen molar-refractivity contribution in [3.63, 3.8) is 0 Å². The van der Waals surface area contributed by atoms with Gasteiger partial charge in [-0.25, -0.2) is 8.78 Å². The number of nitrogens with zero attached hydrogens (tertiary/aromatic N) is 1. The maximum absolute atomic E-state index is 14.1. The van der Waals surface area contributed by atoms with Crippen LogP contribution in [0.2, 0.25) is 0 Å². The van der Waals surface area contributed by atoms with E-state index in [1.807, 2.05) is 6.07 Å². The maximum atomic E-state index is 14.1. The van der Waals surface area contributed by atoms with Crippen LogP contribution < -0.4 is 11.1 Å². The van der Waals surface area contributed by atoms with Gasteiger partial charge < -0.3 is 25.3 Å². The highest BCUT2D eigenvalue weighted by Crippen LogP contribution is 2.33. The number of aliphatic hydroxyl groups is 1. The van der Waals surface area contributed by atoms with Crippen LogP contribution in [0.15, 0.2) is 40.8 Å². The number of benzene rings is 2. The first kappa shape index (κ1) is 21.9. The molecule has 1 aromatic heterocycles. The summed E-state index contributed by atoms with van der Waals surface area (Å²) in [5.41, 5.74) is 5.85. The lowest BCUT2D eigenvalue weighted by Crippen LogP contribution is -2.43. The monoisotopic (exact) mass is 445 g/mol. The summed E-state index contributed by atoms with van der Waals surface area (Å²) < 4.78 is 38.4. The Morgan fingerprint density at radius 3 is 2.81 bits per heavy atom. The molecule has 32 heavy (non-hydrogen) atoms. The van der Waals surface area contributed by atoms with Crippen LogP contribution in [0.5, 0.6) is 0 Å². The second-order valence-electron chi connectivity index (χ2n) is 7.50. The number of furan rings is 1. The Balaban J connectivity index is 1.58. The van der Waals surface area contributed by atoms with Crippen LogP contribution in [0, 0.1) is 11.6 Å². The predicted octanol–water partition coefficient (Wildman–Crippen LogP) is 2.26. The highest BCUT2D eigenvalue weighted by molar-refractivity contribution is 6.14. The fraction of sp³-hybridized carbons (Fsp3) is 0.273. The highest BCUT2D eigenvalue weighted by atomic mass is 19.1. The molecule has 1 saturated heterocycles. The molecular weight excluding hydrogens is 424 g/mol. The Kier molecular flexibility index (Phi) is 6.17. The van der Waals surface area contributed by atoms with E-state index >= 15 is 0 Å². The number of carbonyl (C=O) groups is 2. The van der Waals surface area contributed by atoms with Crippen molar-refractivity contribution in [1.82, 2.24) is 4.90 Å². The van der Waals surface area contributed by atoms with E-state index in [0.717, 1.165) is 11.6 Å². The lowest BCUT2D eigenvalue weighted by atomic mass is 10.1. The molecule has 2 aromatic carbocycles. The van der Waals surface area contributed by atoms with Gasteiger partial charge in [-0.3, -0.25) is 14.5 Å². The lowest BCUT2D eigenvalue weighted by molar-refractivity contribution is -0.0551. The van der Waals surface area contributed by atoms with E-state index in [4.69, 9.17) is 14.9 Å². The van der Waals surface area contributed by atoms with E-state index in [1.165, 1.54) is 0 Å². The summed E-state index contributed by atoms with van der Waals surface area (Å²) in [5.74, 6) is -4.02. The summed E-state index contributed by atoms with van der Waals surface area (Å²) in [5, 5.41) is 11.7. The summed E-state index contributed by atoms with van der Waals surface area (Å²) in [6.45, 7) is 2.22. The molecule has 2 heterocycles. The third-order valence-corrected chi connectivity index (χ3v) is 5.19. The van der Waals surface area contributed by atoms with Crippen molar-refractivity contribution in [3.05, 3.63) is 64.9 Å². The predicted molar refractivity (Wildman–Crippen MR) is 111 cm³/mol. The number of halogens is 2. The third-order valence-electron chi connectivity index (χ3n) is 5.19. The van der Waals surface area contributed by atoms with Crippen LogP contribution in [0.4, 0.5) is 14.5 Å². The van der Waals surface area contributed by atoms with E-state index in [1.54, 1.807) is 18.2 Å². The Morgan fingerprint density at radius 1 is 1.25 bits per heavy atom. The van der Waals surface area contributed by atoms with Crippen LogP contribution >= 0.6 is 0 Å².